The second kappa shape index (κ2) is 6.72. The molecule has 0 aromatic carbocycles. The van der Waals surface area contributed by atoms with Gasteiger partial charge >= 0.3 is 0 Å². The minimum atomic E-state index is 1.01. The fourth-order valence-electron chi connectivity index (χ4n) is 2.82. The molecule has 3 rings (SSSR count). The van der Waals surface area contributed by atoms with Crippen molar-refractivity contribution in [1.29, 1.82) is 0 Å². The number of aryl methyl sites for hydroxylation is 2. The number of nitrogens with zero attached hydrogens (tertiary/aromatic N) is 5. The number of anilines is 1. The van der Waals surface area contributed by atoms with Crippen molar-refractivity contribution < 1.29 is 0 Å². The summed E-state index contributed by atoms with van der Waals surface area (Å²) in [7, 11) is 0. The molecule has 1 fully saturated rings. The average Bonchev–Trinajstić information content (AvgIpc) is 2.94. The summed E-state index contributed by atoms with van der Waals surface area (Å²) >= 11 is 0. The van der Waals surface area contributed by atoms with Gasteiger partial charge in [0.1, 0.15) is 5.82 Å². The van der Waals surface area contributed by atoms with Crippen LogP contribution >= 0.6 is 0 Å². The van der Waals surface area contributed by atoms with Crippen molar-refractivity contribution in [2.24, 2.45) is 0 Å². The molecule has 0 N–H and O–H groups in total. The van der Waals surface area contributed by atoms with Crippen molar-refractivity contribution in [3.05, 3.63) is 42.4 Å². The van der Waals surface area contributed by atoms with E-state index in [4.69, 9.17) is 0 Å². The molecule has 112 valence electrons. The minimum Gasteiger partial charge on any atom is -0.354 e. The molecule has 0 unspecified atom stereocenters. The Labute approximate surface area is 126 Å². The van der Waals surface area contributed by atoms with Gasteiger partial charge in [0.15, 0.2) is 0 Å². The van der Waals surface area contributed by atoms with Gasteiger partial charge in [-0.1, -0.05) is 6.07 Å². The average molecular weight is 285 g/mol. The highest BCUT2D eigenvalue weighted by Gasteiger charge is 2.17. The Morgan fingerprint density at radius 3 is 2.52 bits per heavy atom. The predicted octanol–water partition coefficient (Wildman–Crippen LogP) is 1.80. The van der Waals surface area contributed by atoms with Crippen molar-refractivity contribution in [1.82, 2.24) is 19.7 Å². The molecule has 2 aromatic heterocycles. The molecule has 5 nitrogen and oxygen atoms in total. The summed E-state index contributed by atoms with van der Waals surface area (Å²) in [5.41, 5.74) is 1.25. The van der Waals surface area contributed by atoms with E-state index >= 15 is 0 Å². The molecule has 0 aliphatic carbocycles. The lowest BCUT2D eigenvalue weighted by Crippen LogP contribution is -2.47. The number of hydrogen-bond acceptors (Lipinski definition) is 4. The first-order valence-corrected chi connectivity index (χ1v) is 7.70. The van der Waals surface area contributed by atoms with Crippen LogP contribution in [0.5, 0.6) is 0 Å². The molecule has 0 spiro atoms. The Hall–Kier alpha value is -1.88. The summed E-state index contributed by atoms with van der Waals surface area (Å²) in [5.74, 6) is 1.10. The number of piperazine rings is 1. The van der Waals surface area contributed by atoms with Crippen LogP contribution in [0.4, 0.5) is 5.82 Å². The van der Waals surface area contributed by atoms with Gasteiger partial charge in [-0.3, -0.25) is 9.58 Å². The van der Waals surface area contributed by atoms with E-state index in [2.05, 4.69) is 49.7 Å². The summed E-state index contributed by atoms with van der Waals surface area (Å²) in [6.07, 6.45) is 4.90. The van der Waals surface area contributed by atoms with Crippen LogP contribution in [0.15, 0.2) is 36.7 Å². The third kappa shape index (κ3) is 3.61. The monoisotopic (exact) mass is 285 g/mol. The van der Waals surface area contributed by atoms with Crippen LogP contribution < -0.4 is 4.90 Å². The summed E-state index contributed by atoms with van der Waals surface area (Å²) in [6, 6.07) is 8.18. The molecule has 0 radical (unpaired) electrons. The lowest BCUT2D eigenvalue weighted by atomic mass is 10.2. The van der Waals surface area contributed by atoms with Crippen LogP contribution in [0.3, 0.4) is 0 Å². The van der Waals surface area contributed by atoms with Crippen molar-refractivity contribution in [3.8, 4) is 0 Å². The van der Waals surface area contributed by atoms with Gasteiger partial charge in [-0.25, -0.2) is 4.98 Å². The number of pyridine rings is 1. The zero-order valence-corrected chi connectivity index (χ0v) is 12.6. The van der Waals surface area contributed by atoms with E-state index in [1.54, 1.807) is 0 Å². The Morgan fingerprint density at radius 2 is 1.86 bits per heavy atom. The van der Waals surface area contributed by atoms with Crippen molar-refractivity contribution >= 4 is 5.82 Å². The van der Waals surface area contributed by atoms with Gasteiger partial charge in [-0.15, -0.1) is 0 Å². The number of aromatic nitrogens is 3. The summed E-state index contributed by atoms with van der Waals surface area (Å²) in [5, 5.41) is 4.33. The van der Waals surface area contributed by atoms with Gasteiger partial charge in [-0.2, -0.15) is 5.10 Å². The van der Waals surface area contributed by atoms with Gasteiger partial charge in [0.2, 0.25) is 0 Å². The minimum absolute atomic E-state index is 1.01. The highest BCUT2D eigenvalue weighted by Crippen LogP contribution is 2.12. The van der Waals surface area contributed by atoms with Crippen molar-refractivity contribution in [3.63, 3.8) is 0 Å². The lowest BCUT2D eigenvalue weighted by molar-refractivity contribution is 0.248. The van der Waals surface area contributed by atoms with Crippen molar-refractivity contribution in [2.75, 3.05) is 37.6 Å². The first-order valence-electron chi connectivity index (χ1n) is 7.70. The Kier molecular flexibility index (Phi) is 4.50. The zero-order chi connectivity index (χ0) is 14.5. The topological polar surface area (TPSA) is 37.2 Å². The van der Waals surface area contributed by atoms with E-state index in [9.17, 15) is 0 Å². The Morgan fingerprint density at radius 1 is 1.00 bits per heavy atom. The maximum atomic E-state index is 4.43. The molecule has 21 heavy (non-hydrogen) atoms. The molecule has 3 heterocycles. The van der Waals surface area contributed by atoms with Crippen LogP contribution in [0, 0.1) is 6.92 Å². The Bertz CT molecular complexity index is 543. The van der Waals surface area contributed by atoms with Crippen LogP contribution in [0.2, 0.25) is 0 Å². The van der Waals surface area contributed by atoms with Crippen LogP contribution in [0.1, 0.15) is 12.1 Å². The van der Waals surface area contributed by atoms with Gasteiger partial charge in [0.05, 0.1) is 0 Å². The molecular formula is C16H23N5. The molecule has 1 aliphatic rings. The first kappa shape index (κ1) is 14.1. The van der Waals surface area contributed by atoms with Gasteiger partial charge in [0, 0.05) is 57.4 Å². The molecule has 0 atom stereocenters. The lowest BCUT2D eigenvalue weighted by Gasteiger charge is -2.35. The second-order valence-electron chi connectivity index (χ2n) is 5.57. The maximum Gasteiger partial charge on any atom is 0.128 e. The van der Waals surface area contributed by atoms with Gasteiger partial charge in [-0.05, 0) is 31.5 Å². The second-order valence-corrected chi connectivity index (χ2v) is 5.57. The van der Waals surface area contributed by atoms with Gasteiger partial charge < -0.3 is 4.90 Å². The first-order chi connectivity index (χ1) is 10.3. The normalized spacial score (nSPS) is 16.3. The summed E-state index contributed by atoms with van der Waals surface area (Å²) in [4.78, 5) is 9.34. The van der Waals surface area contributed by atoms with Crippen LogP contribution in [0.25, 0.3) is 0 Å². The highest BCUT2D eigenvalue weighted by molar-refractivity contribution is 5.38. The molecule has 0 amide bonds. The van der Waals surface area contributed by atoms with Gasteiger partial charge in [0.25, 0.3) is 0 Å². The zero-order valence-electron chi connectivity index (χ0n) is 12.6. The molecule has 2 aromatic rings. The molecule has 1 saturated heterocycles. The Balaban J connectivity index is 1.41. The SMILES string of the molecule is Cc1ccnn1CCCN1CCN(c2ccccn2)CC1. The summed E-state index contributed by atoms with van der Waals surface area (Å²) in [6.45, 7) is 8.65. The molecular weight excluding hydrogens is 262 g/mol. The molecule has 5 heteroatoms. The van der Waals surface area contributed by atoms with Crippen molar-refractivity contribution in [2.45, 2.75) is 19.9 Å². The molecule has 0 saturated carbocycles. The smallest absolute Gasteiger partial charge is 0.128 e. The van der Waals surface area contributed by atoms with Crippen LogP contribution in [-0.2, 0) is 6.54 Å². The largest absolute Gasteiger partial charge is 0.354 e. The summed E-state index contributed by atoms with van der Waals surface area (Å²) < 4.78 is 2.09. The fraction of sp³-hybridized carbons (Fsp3) is 0.500. The van der Waals surface area contributed by atoms with E-state index in [0.29, 0.717) is 0 Å². The molecule has 1 aliphatic heterocycles. The number of hydrogen-bond donors (Lipinski definition) is 0. The van der Waals surface area contributed by atoms with E-state index in [1.807, 2.05) is 18.5 Å². The quantitative estimate of drug-likeness (QED) is 0.839. The van der Waals surface area contributed by atoms with E-state index in [0.717, 1.165) is 51.5 Å². The van der Waals surface area contributed by atoms with E-state index in [1.165, 1.54) is 5.69 Å². The molecule has 0 bridgehead atoms. The fourth-order valence-corrected chi connectivity index (χ4v) is 2.82. The van der Waals surface area contributed by atoms with Crippen LogP contribution in [-0.4, -0.2) is 52.4 Å². The maximum absolute atomic E-state index is 4.43. The van der Waals surface area contributed by atoms with E-state index in [-0.39, 0.29) is 0 Å². The number of rotatable bonds is 5. The third-order valence-electron chi connectivity index (χ3n) is 4.12. The third-order valence-corrected chi connectivity index (χ3v) is 4.12. The predicted molar refractivity (Wildman–Crippen MR) is 84.5 cm³/mol. The standard InChI is InChI=1S/C16H23N5/c1-15-6-8-18-21(15)10-4-9-19-11-13-20(14-12-19)16-5-2-3-7-17-16/h2-3,5-8H,4,9-14H2,1H3. The highest BCUT2D eigenvalue weighted by atomic mass is 15.3. The van der Waals surface area contributed by atoms with E-state index < -0.39 is 0 Å².